The molecule has 6 heteroatoms. The van der Waals surface area contributed by atoms with Gasteiger partial charge in [0.25, 0.3) is 0 Å². The Kier molecular flexibility index (Phi) is 3.95. The van der Waals surface area contributed by atoms with Gasteiger partial charge < -0.3 is 9.26 Å². The first-order valence-corrected chi connectivity index (χ1v) is 8.39. The molecule has 2 aromatic rings. The fourth-order valence-corrected chi connectivity index (χ4v) is 3.30. The molecule has 2 fully saturated rings. The highest BCUT2D eigenvalue weighted by Gasteiger charge is 2.32. The summed E-state index contributed by atoms with van der Waals surface area (Å²) in [6.07, 6.45) is 3.41. The predicted molar refractivity (Wildman–Crippen MR) is 86.6 cm³/mol. The third-order valence-corrected chi connectivity index (χ3v) is 4.81. The largest absolute Gasteiger partial charge is 0.495 e. The number of nitrogens with zero attached hydrogens (tertiary/aromatic N) is 4. The Morgan fingerprint density at radius 3 is 2.96 bits per heavy atom. The lowest BCUT2D eigenvalue weighted by Crippen LogP contribution is -2.19. The molecule has 0 amide bonds. The van der Waals surface area contributed by atoms with E-state index in [4.69, 9.17) is 9.26 Å². The molecule has 1 aromatic heterocycles. The smallest absolute Gasteiger partial charge is 0.231 e. The lowest BCUT2D eigenvalue weighted by Gasteiger charge is -2.16. The van der Waals surface area contributed by atoms with Gasteiger partial charge in [-0.05, 0) is 43.5 Å². The summed E-state index contributed by atoms with van der Waals surface area (Å²) < 4.78 is 10.7. The second-order valence-corrected chi connectivity index (χ2v) is 6.63. The van der Waals surface area contributed by atoms with Crippen molar-refractivity contribution in [2.24, 2.45) is 0 Å². The van der Waals surface area contributed by atoms with E-state index in [9.17, 15) is 5.26 Å². The van der Waals surface area contributed by atoms with Crippen molar-refractivity contribution in [3.8, 4) is 11.8 Å². The first kappa shape index (κ1) is 15.2. The van der Waals surface area contributed by atoms with Crippen molar-refractivity contribution in [3.63, 3.8) is 0 Å². The summed E-state index contributed by atoms with van der Waals surface area (Å²) in [6, 6.07) is 7.98. The van der Waals surface area contributed by atoms with Crippen molar-refractivity contribution in [2.75, 3.05) is 20.2 Å². The molecule has 6 nitrogen and oxygen atoms in total. The van der Waals surface area contributed by atoms with Gasteiger partial charge >= 0.3 is 0 Å². The third-order valence-electron chi connectivity index (χ3n) is 4.81. The lowest BCUT2D eigenvalue weighted by atomic mass is 10.1. The lowest BCUT2D eigenvalue weighted by molar-refractivity contribution is 0.308. The van der Waals surface area contributed by atoms with E-state index in [1.165, 1.54) is 12.8 Å². The number of aromatic nitrogens is 2. The quantitative estimate of drug-likeness (QED) is 0.842. The van der Waals surface area contributed by atoms with Crippen LogP contribution in [0.1, 0.15) is 53.9 Å². The van der Waals surface area contributed by atoms with E-state index < -0.39 is 0 Å². The molecule has 1 aromatic carbocycles. The molecule has 0 N–H and O–H groups in total. The van der Waals surface area contributed by atoms with E-state index in [-0.39, 0.29) is 0 Å². The van der Waals surface area contributed by atoms with Gasteiger partial charge in [0.15, 0.2) is 5.82 Å². The summed E-state index contributed by atoms with van der Waals surface area (Å²) in [6.45, 7) is 2.73. The molecule has 0 unspecified atom stereocenters. The zero-order valence-electron chi connectivity index (χ0n) is 13.7. The first-order valence-electron chi connectivity index (χ1n) is 8.39. The van der Waals surface area contributed by atoms with Crippen molar-refractivity contribution < 1.29 is 9.26 Å². The Labute approximate surface area is 141 Å². The van der Waals surface area contributed by atoms with E-state index in [1.807, 2.05) is 18.2 Å². The summed E-state index contributed by atoms with van der Waals surface area (Å²) in [7, 11) is 1.58. The fourth-order valence-electron chi connectivity index (χ4n) is 3.30. The number of likely N-dealkylation sites (tertiary alicyclic amines) is 1. The van der Waals surface area contributed by atoms with Crippen LogP contribution in [0.15, 0.2) is 22.7 Å². The number of methoxy groups -OCH3 is 1. The van der Waals surface area contributed by atoms with Crippen LogP contribution in [-0.4, -0.2) is 35.2 Å². The van der Waals surface area contributed by atoms with Crippen LogP contribution >= 0.6 is 0 Å². The molecule has 0 bridgehead atoms. The normalized spacial score (nSPS) is 20.9. The zero-order chi connectivity index (χ0) is 16.5. The molecule has 2 aliphatic rings. The minimum atomic E-state index is 0.318. The Hall–Kier alpha value is -2.39. The SMILES string of the molecule is COc1ccc(CN2CC[C@H](c3nc(C4CC4)no3)C2)cc1C#N. The highest BCUT2D eigenvalue weighted by atomic mass is 16.5. The fraction of sp³-hybridized carbons (Fsp3) is 0.500. The summed E-state index contributed by atoms with van der Waals surface area (Å²) >= 11 is 0. The van der Waals surface area contributed by atoms with Crippen LogP contribution in [0.25, 0.3) is 0 Å². The number of hydrogen-bond acceptors (Lipinski definition) is 6. The van der Waals surface area contributed by atoms with Crippen LogP contribution in [0, 0.1) is 11.3 Å². The number of rotatable bonds is 5. The van der Waals surface area contributed by atoms with E-state index in [2.05, 4.69) is 21.1 Å². The highest BCUT2D eigenvalue weighted by Crippen LogP contribution is 2.39. The number of benzene rings is 1. The minimum Gasteiger partial charge on any atom is -0.495 e. The molecule has 1 aliphatic carbocycles. The van der Waals surface area contributed by atoms with E-state index >= 15 is 0 Å². The molecule has 1 saturated heterocycles. The van der Waals surface area contributed by atoms with Gasteiger partial charge in [-0.1, -0.05) is 11.2 Å². The Balaban J connectivity index is 1.40. The van der Waals surface area contributed by atoms with E-state index in [1.54, 1.807) is 7.11 Å². The molecular formula is C18H20N4O2. The van der Waals surface area contributed by atoms with Gasteiger partial charge in [-0.2, -0.15) is 10.2 Å². The maximum Gasteiger partial charge on any atom is 0.231 e. The average Bonchev–Trinajstić information content (AvgIpc) is 3.16. The standard InChI is InChI=1S/C18H20N4O2/c1-23-16-5-2-12(8-15(16)9-19)10-22-7-6-14(11-22)18-20-17(21-24-18)13-3-4-13/h2,5,8,13-14H,3-4,6-7,10-11H2,1H3/t14-/m0/s1. The second kappa shape index (κ2) is 6.25. The van der Waals surface area contributed by atoms with Crippen molar-refractivity contribution in [2.45, 2.75) is 37.6 Å². The molecule has 0 spiro atoms. The average molecular weight is 324 g/mol. The molecule has 0 radical (unpaired) electrons. The van der Waals surface area contributed by atoms with Gasteiger partial charge in [-0.25, -0.2) is 0 Å². The summed E-state index contributed by atoms with van der Waals surface area (Å²) in [5.41, 5.74) is 1.70. The monoisotopic (exact) mass is 324 g/mol. The van der Waals surface area contributed by atoms with Crippen LogP contribution in [0.3, 0.4) is 0 Å². The van der Waals surface area contributed by atoms with Crippen molar-refractivity contribution in [3.05, 3.63) is 41.0 Å². The van der Waals surface area contributed by atoms with E-state index in [0.717, 1.165) is 43.3 Å². The molecule has 2 heterocycles. The van der Waals surface area contributed by atoms with Crippen molar-refractivity contribution in [1.29, 1.82) is 5.26 Å². The number of ether oxygens (including phenoxy) is 1. The van der Waals surface area contributed by atoms with Crippen LogP contribution < -0.4 is 4.74 Å². The Morgan fingerprint density at radius 2 is 2.21 bits per heavy atom. The molecule has 1 atom stereocenters. The zero-order valence-corrected chi connectivity index (χ0v) is 13.7. The van der Waals surface area contributed by atoms with Crippen molar-refractivity contribution >= 4 is 0 Å². The molecule has 4 rings (SSSR count). The summed E-state index contributed by atoms with van der Waals surface area (Å²) in [4.78, 5) is 6.95. The predicted octanol–water partition coefficient (Wildman–Crippen LogP) is 2.82. The van der Waals surface area contributed by atoms with Gasteiger partial charge in [0.05, 0.1) is 18.6 Å². The van der Waals surface area contributed by atoms with Crippen LogP contribution in [0.5, 0.6) is 5.75 Å². The Morgan fingerprint density at radius 1 is 1.33 bits per heavy atom. The molecule has 1 saturated carbocycles. The molecule has 24 heavy (non-hydrogen) atoms. The van der Waals surface area contributed by atoms with Gasteiger partial charge in [0.2, 0.25) is 5.89 Å². The van der Waals surface area contributed by atoms with E-state index in [0.29, 0.717) is 23.1 Å². The maximum atomic E-state index is 9.21. The van der Waals surface area contributed by atoms with Gasteiger partial charge in [0, 0.05) is 19.0 Å². The molecule has 124 valence electrons. The minimum absolute atomic E-state index is 0.318. The number of nitriles is 1. The maximum absolute atomic E-state index is 9.21. The number of hydrogen-bond donors (Lipinski definition) is 0. The van der Waals surface area contributed by atoms with Gasteiger partial charge in [-0.15, -0.1) is 0 Å². The highest BCUT2D eigenvalue weighted by molar-refractivity contribution is 5.45. The first-order chi connectivity index (χ1) is 11.8. The topological polar surface area (TPSA) is 75.2 Å². The van der Waals surface area contributed by atoms with Crippen LogP contribution in [0.2, 0.25) is 0 Å². The van der Waals surface area contributed by atoms with Crippen LogP contribution in [-0.2, 0) is 6.54 Å². The summed E-state index contributed by atoms with van der Waals surface area (Å²) in [5, 5.41) is 13.3. The second-order valence-electron chi connectivity index (χ2n) is 6.63. The molecular weight excluding hydrogens is 304 g/mol. The van der Waals surface area contributed by atoms with Gasteiger partial charge in [0.1, 0.15) is 11.8 Å². The Bertz CT molecular complexity index is 776. The van der Waals surface area contributed by atoms with Crippen molar-refractivity contribution in [1.82, 2.24) is 15.0 Å². The van der Waals surface area contributed by atoms with Crippen LogP contribution in [0.4, 0.5) is 0 Å². The summed E-state index contributed by atoms with van der Waals surface area (Å²) in [5.74, 6) is 3.14. The molecule has 1 aliphatic heterocycles. The third kappa shape index (κ3) is 3.00. The van der Waals surface area contributed by atoms with Gasteiger partial charge in [-0.3, -0.25) is 4.90 Å².